The van der Waals surface area contributed by atoms with Crippen LogP contribution in [0.25, 0.3) is 0 Å². The van der Waals surface area contributed by atoms with Crippen molar-refractivity contribution in [2.24, 2.45) is 5.41 Å². The minimum Gasteiger partial charge on any atom is -0.384 e. The third-order valence-corrected chi connectivity index (χ3v) is 3.27. The van der Waals surface area contributed by atoms with Crippen LogP contribution in [-0.4, -0.2) is 6.54 Å². The highest BCUT2D eigenvalue weighted by molar-refractivity contribution is 9.10. The van der Waals surface area contributed by atoms with Crippen LogP contribution < -0.4 is 5.32 Å². The molecule has 13 heavy (non-hydrogen) atoms. The number of rotatable bonds is 0. The predicted octanol–water partition coefficient (Wildman–Crippen LogP) is 3.44. The van der Waals surface area contributed by atoms with Gasteiger partial charge in [0.25, 0.3) is 0 Å². The highest BCUT2D eigenvalue weighted by Gasteiger charge is 2.25. The molecule has 70 valence electrons. The Morgan fingerprint density at radius 1 is 1.38 bits per heavy atom. The van der Waals surface area contributed by atoms with Crippen molar-refractivity contribution in [1.29, 1.82) is 0 Å². The molecule has 0 radical (unpaired) electrons. The van der Waals surface area contributed by atoms with Gasteiger partial charge in [0.2, 0.25) is 0 Å². The van der Waals surface area contributed by atoms with E-state index in [1.165, 1.54) is 15.7 Å². The van der Waals surface area contributed by atoms with Crippen molar-refractivity contribution >= 4 is 21.6 Å². The van der Waals surface area contributed by atoms with Gasteiger partial charge >= 0.3 is 0 Å². The molecule has 0 saturated heterocycles. The molecule has 1 nitrogen and oxygen atoms in total. The zero-order chi connectivity index (χ0) is 9.47. The van der Waals surface area contributed by atoms with E-state index in [1.807, 2.05) is 0 Å². The number of hydrogen-bond donors (Lipinski definition) is 1. The molecule has 0 fully saturated rings. The minimum absolute atomic E-state index is 0.372. The molecule has 0 aromatic heterocycles. The van der Waals surface area contributed by atoms with Gasteiger partial charge in [-0.2, -0.15) is 0 Å². The molecule has 0 saturated carbocycles. The smallest absolute Gasteiger partial charge is 0.0384 e. The molecule has 0 atom stereocenters. The van der Waals surface area contributed by atoms with Crippen molar-refractivity contribution in [3.63, 3.8) is 0 Å². The molecule has 1 aliphatic heterocycles. The molecule has 0 bridgehead atoms. The standard InChI is InChI=1S/C11H14BrN/c1-11(2)6-8-9(12)4-3-5-10(8)13-7-11/h3-5,13H,6-7H2,1-2H3. The number of benzene rings is 1. The summed E-state index contributed by atoms with van der Waals surface area (Å²) in [6.07, 6.45) is 1.15. The molecule has 0 spiro atoms. The summed E-state index contributed by atoms with van der Waals surface area (Å²) < 4.78 is 1.23. The van der Waals surface area contributed by atoms with Crippen LogP contribution in [0.5, 0.6) is 0 Å². The van der Waals surface area contributed by atoms with Crippen LogP contribution in [-0.2, 0) is 6.42 Å². The van der Waals surface area contributed by atoms with E-state index < -0.39 is 0 Å². The van der Waals surface area contributed by atoms with Gasteiger partial charge in [-0.05, 0) is 29.5 Å². The fraction of sp³-hybridized carbons (Fsp3) is 0.455. The summed E-state index contributed by atoms with van der Waals surface area (Å²) in [4.78, 5) is 0. The molecule has 2 rings (SSSR count). The van der Waals surface area contributed by atoms with Crippen molar-refractivity contribution in [3.8, 4) is 0 Å². The molecule has 0 unspecified atom stereocenters. The average molecular weight is 240 g/mol. The van der Waals surface area contributed by atoms with Gasteiger partial charge in [-0.25, -0.2) is 0 Å². The highest BCUT2D eigenvalue weighted by Crippen LogP contribution is 2.35. The zero-order valence-corrected chi connectivity index (χ0v) is 9.61. The van der Waals surface area contributed by atoms with Gasteiger partial charge in [-0.1, -0.05) is 35.8 Å². The summed E-state index contributed by atoms with van der Waals surface area (Å²) in [6.45, 7) is 5.65. The Labute approximate surface area is 87.7 Å². The van der Waals surface area contributed by atoms with Crippen LogP contribution in [0.1, 0.15) is 19.4 Å². The quantitative estimate of drug-likeness (QED) is 0.732. The first kappa shape index (κ1) is 9.07. The fourth-order valence-electron chi connectivity index (χ4n) is 1.78. The van der Waals surface area contributed by atoms with Gasteiger partial charge in [0, 0.05) is 16.7 Å². The first-order chi connectivity index (χ1) is 6.08. The maximum atomic E-state index is 3.59. The lowest BCUT2D eigenvalue weighted by molar-refractivity contribution is 0.378. The van der Waals surface area contributed by atoms with Crippen LogP contribution in [0.4, 0.5) is 5.69 Å². The topological polar surface area (TPSA) is 12.0 Å². The van der Waals surface area contributed by atoms with E-state index in [2.05, 4.69) is 53.3 Å². The Bertz CT molecular complexity index is 331. The summed E-state index contributed by atoms with van der Waals surface area (Å²) in [7, 11) is 0. The first-order valence-corrected chi connectivity index (χ1v) is 5.39. The number of hydrogen-bond acceptors (Lipinski definition) is 1. The van der Waals surface area contributed by atoms with Gasteiger partial charge in [0.1, 0.15) is 0 Å². The number of anilines is 1. The lowest BCUT2D eigenvalue weighted by Gasteiger charge is -2.33. The largest absolute Gasteiger partial charge is 0.384 e. The number of halogens is 1. The molecular formula is C11H14BrN. The third kappa shape index (κ3) is 1.73. The molecule has 1 aromatic rings. The van der Waals surface area contributed by atoms with Gasteiger partial charge in [-0.3, -0.25) is 0 Å². The summed E-state index contributed by atoms with van der Waals surface area (Å²) in [5.74, 6) is 0. The first-order valence-electron chi connectivity index (χ1n) is 4.60. The number of fused-ring (bicyclic) bond motifs is 1. The Kier molecular flexibility index (Phi) is 2.11. The van der Waals surface area contributed by atoms with Gasteiger partial charge in [0.15, 0.2) is 0 Å². The van der Waals surface area contributed by atoms with Crippen molar-refractivity contribution in [3.05, 3.63) is 28.2 Å². The summed E-state index contributed by atoms with van der Waals surface area (Å²) in [5, 5.41) is 3.46. The summed E-state index contributed by atoms with van der Waals surface area (Å²) in [6, 6.07) is 6.34. The molecule has 0 amide bonds. The SMILES string of the molecule is CC1(C)CNc2cccc(Br)c2C1. The van der Waals surface area contributed by atoms with Crippen molar-refractivity contribution in [1.82, 2.24) is 0 Å². The lowest BCUT2D eigenvalue weighted by Crippen LogP contribution is -2.30. The molecule has 1 heterocycles. The second-order valence-electron chi connectivity index (χ2n) is 4.46. The Hall–Kier alpha value is -0.500. The van der Waals surface area contributed by atoms with Crippen LogP contribution in [0.3, 0.4) is 0 Å². The van der Waals surface area contributed by atoms with E-state index in [9.17, 15) is 0 Å². The maximum absolute atomic E-state index is 3.59. The van der Waals surface area contributed by atoms with E-state index in [-0.39, 0.29) is 0 Å². The highest BCUT2D eigenvalue weighted by atomic mass is 79.9. The van der Waals surface area contributed by atoms with E-state index in [0.29, 0.717) is 5.41 Å². The molecule has 1 aliphatic rings. The number of nitrogens with one attached hydrogen (secondary N) is 1. The Morgan fingerprint density at radius 2 is 2.15 bits per heavy atom. The van der Waals surface area contributed by atoms with E-state index in [4.69, 9.17) is 0 Å². The maximum Gasteiger partial charge on any atom is 0.0384 e. The van der Waals surface area contributed by atoms with Crippen molar-refractivity contribution < 1.29 is 0 Å². The Balaban J connectivity index is 2.44. The van der Waals surface area contributed by atoms with Crippen molar-refractivity contribution in [2.75, 3.05) is 11.9 Å². The normalized spacial score (nSPS) is 19.0. The summed E-state index contributed by atoms with van der Waals surface area (Å²) >= 11 is 3.59. The van der Waals surface area contributed by atoms with E-state index >= 15 is 0 Å². The van der Waals surface area contributed by atoms with Gasteiger partial charge in [0.05, 0.1) is 0 Å². The monoisotopic (exact) mass is 239 g/mol. The van der Waals surface area contributed by atoms with Crippen LogP contribution in [0.2, 0.25) is 0 Å². The van der Waals surface area contributed by atoms with Crippen LogP contribution in [0.15, 0.2) is 22.7 Å². The summed E-state index contributed by atoms with van der Waals surface area (Å²) in [5.41, 5.74) is 3.07. The fourth-order valence-corrected chi connectivity index (χ4v) is 2.29. The molecule has 1 N–H and O–H groups in total. The van der Waals surface area contributed by atoms with Crippen LogP contribution >= 0.6 is 15.9 Å². The Morgan fingerprint density at radius 3 is 2.92 bits per heavy atom. The zero-order valence-electron chi connectivity index (χ0n) is 8.02. The van der Waals surface area contributed by atoms with Gasteiger partial charge < -0.3 is 5.32 Å². The van der Waals surface area contributed by atoms with Crippen LogP contribution in [0, 0.1) is 5.41 Å². The molecule has 1 aromatic carbocycles. The minimum atomic E-state index is 0.372. The average Bonchev–Trinajstić information content (AvgIpc) is 2.06. The van der Waals surface area contributed by atoms with Crippen molar-refractivity contribution in [2.45, 2.75) is 20.3 Å². The molecule has 0 aliphatic carbocycles. The molecular weight excluding hydrogens is 226 g/mol. The van der Waals surface area contributed by atoms with E-state index in [0.717, 1.165) is 13.0 Å². The lowest BCUT2D eigenvalue weighted by atomic mass is 9.82. The second-order valence-corrected chi connectivity index (χ2v) is 5.31. The third-order valence-electron chi connectivity index (χ3n) is 2.53. The second kappa shape index (κ2) is 3.02. The van der Waals surface area contributed by atoms with Gasteiger partial charge in [-0.15, -0.1) is 0 Å². The predicted molar refractivity (Wildman–Crippen MR) is 60.1 cm³/mol. The molecule has 2 heteroatoms. The van der Waals surface area contributed by atoms with E-state index in [1.54, 1.807) is 0 Å².